The summed E-state index contributed by atoms with van der Waals surface area (Å²) in [6.07, 6.45) is -4.73. The second kappa shape index (κ2) is 9.22. The highest BCUT2D eigenvalue weighted by atomic mass is 19.4. The van der Waals surface area contributed by atoms with Gasteiger partial charge in [0.15, 0.2) is 5.96 Å². The summed E-state index contributed by atoms with van der Waals surface area (Å²) in [5.74, 6) is -0.441. The molecule has 0 spiro atoms. The highest BCUT2D eigenvalue weighted by molar-refractivity contribution is 5.92. The van der Waals surface area contributed by atoms with Crippen molar-refractivity contribution < 1.29 is 22.3 Å². The molecule has 2 aromatic rings. The van der Waals surface area contributed by atoms with Crippen molar-refractivity contribution in [1.29, 1.82) is 0 Å². The van der Waals surface area contributed by atoms with E-state index in [9.17, 15) is 17.6 Å². The minimum Gasteiger partial charge on any atom is -0.406 e. The van der Waals surface area contributed by atoms with E-state index in [0.29, 0.717) is 25.3 Å². The number of alkyl halides is 3. The zero-order chi connectivity index (χ0) is 19.9. The fourth-order valence-corrected chi connectivity index (χ4v) is 2.25. The molecule has 0 aliphatic heterocycles. The summed E-state index contributed by atoms with van der Waals surface area (Å²) in [6, 6.07) is 11.4. The molecular weight excluding hydrogens is 364 g/mol. The maximum absolute atomic E-state index is 12.9. The minimum absolute atomic E-state index is 0.148. The van der Waals surface area contributed by atoms with Crippen LogP contribution in [0.5, 0.6) is 5.75 Å². The second-order valence-corrected chi connectivity index (χ2v) is 5.83. The maximum Gasteiger partial charge on any atom is 0.573 e. The Morgan fingerprint density at radius 2 is 1.74 bits per heavy atom. The summed E-state index contributed by atoms with van der Waals surface area (Å²) < 4.78 is 53.0. The number of aliphatic imine (C=N–C) groups is 1. The monoisotopic (exact) mass is 384 g/mol. The van der Waals surface area contributed by atoms with Crippen LogP contribution in [0.4, 0.5) is 23.2 Å². The molecule has 9 heteroatoms. The first-order chi connectivity index (χ1) is 12.7. The molecule has 0 unspecified atom stereocenters. The quantitative estimate of drug-likeness (QED) is 0.435. The summed E-state index contributed by atoms with van der Waals surface area (Å²) in [5.41, 5.74) is 7.24. The lowest BCUT2D eigenvalue weighted by Crippen LogP contribution is -2.26. The van der Waals surface area contributed by atoms with Crippen LogP contribution in [0.3, 0.4) is 0 Å². The van der Waals surface area contributed by atoms with Gasteiger partial charge in [-0.3, -0.25) is 4.99 Å². The normalized spacial score (nSPS) is 12.3. The highest BCUT2D eigenvalue weighted by Gasteiger charge is 2.30. The van der Waals surface area contributed by atoms with Crippen LogP contribution in [0, 0.1) is 5.82 Å². The van der Waals surface area contributed by atoms with E-state index >= 15 is 0 Å². The van der Waals surface area contributed by atoms with Crippen LogP contribution >= 0.6 is 0 Å². The number of nitrogens with one attached hydrogen (secondary N) is 1. The topological polar surface area (TPSA) is 62.9 Å². The Labute approximate surface area is 154 Å². The van der Waals surface area contributed by atoms with E-state index in [4.69, 9.17) is 5.73 Å². The fraction of sp³-hybridized carbons (Fsp3) is 0.278. The zero-order valence-corrected chi connectivity index (χ0v) is 14.6. The van der Waals surface area contributed by atoms with Crippen molar-refractivity contribution >= 4 is 11.6 Å². The van der Waals surface area contributed by atoms with E-state index in [0.717, 1.165) is 5.56 Å². The number of likely N-dealkylation sites (N-methyl/N-ethyl adjacent to an activating group) is 1. The van der Waals surface area contributed by atoms with Crippen molar-refractivity contribution in [2.45, 2.75) is 12.9 Å². The van der Waals surface area contributed by atoms with Crippen LogP contribution in [0.15, 0.2) is 53.5 Å². The van der Waals surface area contributed by atoms with Crippen LogP contribution in [0.2, 0.25) is 0 Å². The number of guanidine groups is 1. The van der Waals surface area contributed by atoms with Gasteiger partial charge in [0.1, 0.15) is 11.6 Å². The summed E-state index contributed by atoms with van der Waals surface area (Å²) in [7, 11) is 1.90. The molecule has 0 amide bonds. The van der Waals surface area contributed by atoms with E-state index in [1.807, 2.05) is 11.9 Å². The smallest absolute Gasteiger partial charge is 0.406 e. The Morgan fingerprint density at radius 1 is 1.11 bits per heavy atom. The van der Waals surface area contributed by atoms with Crippen molar-refractivity contribution in [3.63, 3.8) is 0 Å². The van der Waals surface area contributed by atoms with Crippen LogP contribution in [-0.4, -0.2) is 37.4 Å². The molecular formula is C18H20F4N4O. The van der Waals surface area contributed by atoms with E-state index in [2.05, 4.69) is 15.0 Å². The highest BCUT2D eigenvalue weighted by Crippen LogP contribution is 2.23. The third-order valence-electron chi connectivity index (χ3n) is 3.49. The van der Waals surface area contributed by atoms with Gasteiger partial charge in [-0.15, -0.1) is 13.2 Å². The largest absolute Gasteiger partial charge is 0.573 e. The number of ether oxygens (including phenoxy) is 1. The Morgan fingerprint density at radius 3 is 2.33 bits per heavy atom. The van der Waals surface area contributed by atoms with Gasteiger partial charge in [0.05, 0.1) is 6.54 Å². The average Bonchev–Trinajstić information content (AvgIpc) is 2.57. The van der Waals surface area contributed by atoms with Crippen LogP contribution < -0.4 is 15.8 Å². The maximum atomic E-state index is 12.9. The minimum atomic E-state index is -4.73. The van der Waals surface area contributed by atoms with Crippen molar-refractivity contribution in [2.24, 2.45) is 10.7 Å². The molecule has 0 radical (unpaired) electrons. The van der Waals surface area contributed by atoms with Crippen molar-refractivity contribution in [2.75, 3.05) is 25.5 Å². The van der Waals surface area contributed by atoms with E-state index in [1.165, 1.54) is 36.4 Å². The predicted octanol–water partition coefficient (Wildman–Crippen LogP) is 3.58. The lowest BCUT2D eigenvalue weighted by Gasteiger charge is -2.15. The third-order valence-corrected chi connectivity index (χ3v) is 3.49. The summed E-state index contributed by atoms with van der Waals surface area (Å²) in [4.78, 5) is 6.17. The molecule has 0 aromatic heterocycles. The Hall–Kier alpha value is -2.81. The van der Waals surface area contributed by atoms with Crippen molar-refractivity contribution in [3.05, 3.63) is 59.9 Å². The molecule has 2 rings (SSSR count). The molecule has 27 heavy (non-hydrogen) atoms. The molecule has 0 fully saturated rings. The van der Waals surface area contributed by atoms with Crippen LogP contribution in [-0.2, 0) is 6.54 Å². The number of anilines is 1. The van der Waals surface area contributed by atoms with Gasteiger partial charge < -0.3 is 20.7 Å². The molecule has 5 nitrogen and oxygen atoms in total. The number of hydrogen-bond acceptors (Lipinski definition) is 3. The lowest BCUT2D eigenvalue weighted by atomic mass is 10.2. The van der Waals surface area contributed by atoms with Crippen LogP contribution in [0.25, 0.3) is 0 Å². The fourth-order valence-electron chi connectivity index (χ4n) is 2.25. The van der Waals surface area contributed by atoms with Gasteiger partial charge in [-0.2, -0.15) is 0 Å². The van der Waals surface area contributed by atoms with Gasteiger partial charge in [0.2, 0.25) is 0 Å². The molecule has 2 aromatic carbocycles. The van der Waals surface area contributed by atoms with Gasteiger partial charge in [-0.1, -0.05) is 12.1 Å². The molecule has 0 saturated heterocycles. The molecule has 3 N–H and O–H groups in total. The average molecular weight is 384 g/mol. The standard InChI is InChI=1S/C18H20F4N4O/c1-26(12-13-2-4-14(19)5-3-13)11-10-24-17(23)25-15-6-8-16(9-7-15)27-18(20,21)22/h2-9H,10-12H2,1H3,(H3,23,24,25). The lowest BCUT2D eigenvalue weighted by molar-refractivity contribution is -0.274. The molecule has 0 atom stereocenters. The Balaban J connectivity index is 1.77. The number of nitrogens with zero attached hydrogens (tertiary/aromatic N) is 2. The Kier molecular flexibility index (Phi) is 7.00. The molecule has 0 saturated carbocycles. The SMILES string of the molecule is CN(CCN=C(N)Nc1ccc(OC(F)(F)F)cc1)Cc1ccc(F)cc1. The first-order valence-electron chi connectivity index (χ1n) is 8.07. The molecule has 0 heterocycles. The number of rotatable bonds is 7. The molecule has 0 bridgehead atoms. The first-order valence-corrected chi connectivity index (χ1v) is 8.07. The number of halogens is 4. The van der Waals surface area contributed by atoms with Gasteiger partial charge in [0, 0.05) is 18.8 Å². The number of benzene rings is 2. The molecule has 146 valence electrons. The van der Waals surface area contributed by atoms with Gasteiger partial charge >= 0.3 is 6.36 Å². The van der Waals surface area contributed by atoms with Gasteiger partial charge in [-0.05, 0) is 49.0 Å². The summed E-state index contributed by atoms with van der Waals surface area (Å²) in [5, 5.41) is 2.79. The van der Waals surface area contributed by atoms with Crippen molar-refractivity contribution in [3.8, 4) is 5.75 Å². The van der Waals surface area contributed by atoms with Crippen molar-refractivity contribution in [1.82, 2.24) is 4.90 Å². The van der Waals surface area contributed by atoms with Crippen LogP contribution in [0.1, 0.15) is 5.56 Å². The number of nitrogens with two attached hydrogens (primary N) is 1. The first kappa shape index (κ1) is 20.5. The number of hydrogen-bond donors (Lipinski definition) is 2. The summed E-state index contributed by atoms with van der Waals surface area (Å²) >= 11 is 0. The second-order valence-electron chi connectivity index (χ2n) is 5.83. The van der Waals surface area contributed by atoms with Gasteiger partial charge in [0.25, 0.3) is 0 Å². The summed E-state index contributed by atoms with van der Waals surface area (Å²) in [6.45, 7) is 1.69. The molecule has 0 aliphatic carbocycles. The van der Waals surface area contributed by atoms with E-state index in [-0.39, 0.29) is 17.5 Å². The third kappa shape index (κ3) is 7.95. The van der Waals surface area contributed by atoms with E-state index < -0.39 is 6.36 Å². The van der Waals surface area contributed by atoms with E-state index in [1.54, 1.807) is 12.1 Å². The Bertz CT molecular complexity index is 745. The van der Waals surface area contributed by atoms with Gasteiger partial charge in [-0.25, -0.2) is 4.39 Å². The zero-order valence-electron chi connectivity index (χ0n) is 14.6. The predicted molar refractivity (Wildman–Crippen MR) is 96.0 cm³/mol. The molecule has 0 aliphatic rings.